The molecule has 1 aliphatic rings. The average molecular weight is 266 g/mol. The highest BCUT2D eigenvalue weighted by atomic mass is 32.1. The highest BCUT2D eigenvalue weighted by Crippen LogP contribution is 2.29. The Morgan fingerprint density at radius 3 is 2.72 bits per heavy atom. The van der Waals surface area contributed by atoms with Gasteiger partial charge in [-0.2, -0.15) is 0 Å². The van der Waals surface area contributed by atoms with Crippen LogP contribution < -0.4 is 5.32 Å². The number of thiophene rings is 1. The van der Waals surface area contributed by atoms with Gasteiger partial charge in [0.15, 0.2) is 0 Å². The normalized spacial score (nSPS) is 21.9. The van der Waals surface area contributed by atoms with Crippen LogP contribution in [0.1, 0.15) is 44.5 Å². The third-order valence-electron chi connectivity index (χ3n) is 4.06. The van der Waals surface area contributed by atoms with E-state index in [0.29, 0.717) is 11.5 Å². The fourth-order valence-electron chi connectivity index (χ4n) is 2.46. The van der Waals surface area contributed by atoms with Crippen molar-refractivity contribution in [3.05, 3.63) is 22.4 Å². The molecule has 2 heterocycles. The Morgan fingerprint density at radius 2 is 2.11 bits per heavy atom. The van der Waals surface area contributed by atoms with E-state index in [-0.39, 0.29) is 0 Å². The Balaban J connectivity index is 1.64. The highest BCUT2D eigenvalue weighted by Gasteiger charge is 2.24. The number of nitrogens with one attached hydrogen (secondary N) is 1. The van der Waals surface area contributed by atoms with E-state index in [1.54, 1.807) is 0 Å². The summed E-state index contributed by atoms with van der Waals surface area (Å²) in [5, 5.41) is 5.77. The largest absolute Gasteiger partial charge is 0.308 e. The molecule has 1 aromatic heterocycles. The summed E-state index contributed by atoms with van der Waals surface area (Å²) in [5.74, 6) is 0. The molecule has 0 aromatic carbocycles. The van der Waals surface area contributed by atoms with Crippen LogP contribution in [-0.2, 0) is 0 Å². The lowest BCUT2D eigenvalue weighted by atomic mass is 9.83. The molecule has 1 unspecified atom stereocenters. The monoisotopic (exact) mass is 266 g/mol. The predicted molar refractivity (Wildman–Crippen MR) is 80.2 cm³/mol. The second-order valence-corrected chi connectivity index (χ2v) is 7.18. The van der Waals surface area contributed by atoms with Gasteiger partial charge in [-0.25, -0.2) is 0 Å². The summed E-state index contributed by atoms with van der Waals surface area (Å²) < 4.78 is 0. The molecule has 3 heteroatoms. The number of rotatable bonds is 5. The molecular weight excluding hydrogens is 240 g/mol. The van der Waals surface area contributed by atoms with Crippen molar-refractivity contribution in [3.63, 3.8) is 0 Å². The Kier molecular flexibility index (Phi) is 4.82. The predicted octanol–water partition coefficient (Wildman–Crippen LogP) is 3.52. The standard InChI is InChI=1S/C15H26N2S/c1-13(14-5-4-12-18-14)16-8-11-17-9-6-15(2,3)7-10-17/h4-5,12-13,16H,6-11H2,1-3H3. The van der Waals surface area contributed by atoms with Gasteiger partial charge in [0, 0.05) is 24.0 Å². The van der Waals surface area contributed by atoms with Gasteiger partial charge >= 0.3 is 0 Å². The van der Waals surface area contributed by atoms with Crippen molar-refractivity contribution in [2.45, 2.75) is 39.7 Å². The van der Waals surface area contributed by atoms with Crippen molar-refractivity contribution in [2.24, 2.45) is 5.41 Å². The SMILES string of the molecule is CC(NCCN1CCC(C)(C)CC1)c1cccs1. The van der Waals surface area contributed by atoms with Crippen molar-refractivity contribution < 1.29 is 0 Å². The summed E-state index contributed by atoms with van der Waals surface area (Å²) in [6.07, 6.45) is 2.68. The summed E-state index contributed by atoms with van der Waals surface area (Å²) in [7, 11) is 0. The van der Waals surface area contributed by atoms with Gasteiger partial charge in [0.05, 0.1) is 0 Å². The number of hydrogen-bond donors (Lipinski definition) is 1. The number of likely N-dealkylation sites (tertiary alicyclic amines) is 1. The van der Waals surface area contributed by atoms with Crippen LogP contribution in [0, 0.1) is 5.41 Å². The molecule has 2 rings (SSSR count). The average Bonchev–Trinajstić information content (AvgIpc) is 2.85. The fourth-order valence-corrected chi connectivity index (χ4v) is 3.22. The maximum atomic E-state index is 3.62. The Morgan fingerprint density at radius 1 is 1.39 bits per heavy atom. The van der Waals surface area contributed by atoms with E-state index < -0.39 is 0 Å². The molecule has 0 spiro atoms. The van der Waals surface area contributed by atoms with Gasteiger partial charge in [-0.05, 0) is 49.7 Å². The Bertz CT molecular complexity index is 335. The Hall–Kier alpha value is -0.380. The quantitative estimate of drug-likeness (QED) is 0.877. The van der Waals surface area contributed by atoms with Gasteiger partial charge in [0.2, 0.25) is 0 Å². The van der Waals surface area contributed by atoms with E-state index in [0.717, 1.165) is 6.54 Å². The summed E-state index contributed by atoms with van der Waals surface area (Å²) in [6, 6.07) is 4.84. The molecule has 2 nitrogen and oxygen atoms in total. The van der Waals surface area contributed by atoms with Crippen molar-refractivity contribution in [2.75, 3.05) is 26.2 Å². The minimum atomic E-state index is 0.492. The zero-order valence-electron chi connectivity index (χ0n) is 11.9. The lowest BCUT2D eigenvalue weighted by Gasteiger charge is -2.37. The summed E-state index contributed by atoms with van der Waals surface area (Å²) in [5.41, 5.74) is 0.564. The van der Waals surface area contributed by atoms with E-state index in [4.69, 9.17) is 0 Å². The van der Waals surface area contributed by atoms with Crippen LogP contribution in [-0.4, -0.2) is 31.1 Å². The molecule has 1 aliphatic heterocycles. The number of hydrogen-bond acceptors (Lipinski definition) is 3. The molecule has 18 heavy (non-hydrogen) atoms. The van der Waals surface area contributed by atoms with Crippen LogP contribution in [0.4, 0.5) is 0 Å². The molecule has 1 N–H and O–H groups in total. The van der Waals surface area contributed by atoms with Crippen molar-refractivity contribution >= 4 is 11.3 Å². The van der Waals surface area contributed by atoms with Gasteiger partial charge < -0.3 is 10.2 Å². The van der Waals surface area contributed by atoms with Crippen molar-refractivity contribution in [3.8, 4) is 0 Å². The van der Waals surface area contributed by atoms with Gasteiger partial charge in [-0.3, -0.25) is 0 Å². The molecule has 1 saturated heterocycles. The van der Waals surface area contributed by atoms with Crippen LogP contribution in [0.25, 0.3) is 0 Å². The third-order valence-corrected chi connectivity index (χ3v) is 5.11. The zero-order valence-corrected chi connectivity index (χ0v) is 12.7. The summed E-state index contributed by atoms with van der Waals surface area (Å²) in [4.78, 5) is 4.04. The van der Waals surface area contributed by atoms with E-state index in [1.807, 2.05) is 11.3 Å². The minimum Gasteiger partial charge on any atom is -0.308 e. The first-order valence-corrected chi connectivity index (χ1v) is 7.94. The molecule has 1 aromatic rings. The lowest BCUT2D eigenvalue weighted by molar-refractivity contribution is 0.133. The zero-order chi connectivity index (χ0) is 13.0. The molecule has 1 atom stereocenters. The first kappa shape index (κ1) is 14.0. The summed E-state index contributed by atoms with van der Waals surface area (Å²) in [6.45, 7) is 11.9. The van der Waals surface area contributed by atoms with Gasteiger partial charge in [-0.1, -0.05) is 19.9 Å². The van der Waals surface area contributed by atoms with Crippen LogP contribution >= 0.6 is 11.3 Å². The molecule has 0 amide bonds. The van der Waals surface area contributed by atoms with Crippen LogP contribution in [0.5, 0.6) is 0 Å². The minimum absolute atomic E-state index is 0.492. The molecule has 102 valence electrons. The van der Waals surface area contributed by atoms with Gasteiger partial charge in [-0.15, -0.1) is 11.3 Å². The number of piperidine rings is 1. The van der Waals surface area contributed by atoms with Crippen LogP contribution in [0.3, 0.4) is 0 Å². The van der Waals surface area contributed by atoms with Crippen LogP contribution in [0.2, 0.25) is 0 Å². The molecule has 1 fully saturated rings. The van der Waals surface area contributed by atoms with E-state index in [2.05, 4.69) is 48.5 Å². The molecule has 0 radical (unpaired) electrons. The highest BCUT2D eigenvalue weighted by molar-refractivity contribution is 7.10. The molecule has 0 bridgehead atoms. The topological polar surface area (TPSA) is 15.3 Å². The van der Waals surface area contributed by atoms with E-state index in [9.17, 15) is 0 Å². The Labute approximate surface area is 115 Å². The molecular formula is C15H26N2S. The lowest BCUT2D eigenvalue weighted by Crippen LogP contribution is -2.41. The van der Waals surface area contributed by atoms with Crippen molar-refractivity contribution in [1.29, 1.82) is 0 Å². The molecule has 0 saturated carbocycles. The van der Waals surface area contributed by atoms with E-state index in [1.165, 1.54) is 37.4 Å². The van der Waals surface area contributed by atoms with E-state index >= 15 is 0 Å². The molecule has 0 aliphatic carbocycles. The fraction of sp³-hybridized carbons (Fsp3) is 0.733. The van der Waals surface area contributed by atoms with Gasteiger partial charge in [0.25, 0.3) is 0 Å². The first-order valence-electron chi connectivity index (χ1n) is 7.06. The third kappa shape index (κ3) is 4.08. The second-order valence-electron chi connectivity index (χ2n) is 6.20. The first-order chi connectivity index (χ1) is 8.57. The maximum Gasteiger partial charge on any atom is 0.0386 e. The number of nitrogens with zero attached hydrogens (tertiary/aromatic N) is 1. The van der Waals surface area contributed by atoms with Crippen LogP contribution in [0.15, 0.2) is 17.5 Å². The second kappa shape index (κ2) is 6.18. The maximum absolute atomic E-state index is 3.62. The smallest absolute Gasteiger partial charge is 0.0386 e. The van der Waals surface area contributed by atoms with Crippen molar-refractivity contribution in [1.82, 2.24) is 10.2 Å². The van der Waals surface area contributed by atoms with Gasteiger partial charge in [0.1, 0.15) is 0 Å². The summed E-state index contributed by atoms with van der Waals surface area (Å²) >= 11 is 1.84.